The van der Waals surface area contributed by atoms with Crippen LogP contribution < -0.4 is 11.1 Å². The molecule has 0 amide bonds. The summed E-state index contributed by atoms with van der Waals surface area (Å²) in [6.45, 7) is 5.90. The van der Waals surface area contributed by atoms with Crippen LogP contribution in [0.3, 0.4) is 0 Å². The highest BCUT2D eigenvalue weighted by atomic mass is 35.5. The van der Waals surface area contributed by atoms with Gasteiger partial charge in [-0.25, -0.2) is 4.68 Å². The number of nitrogen functional groups attached to an aromatic ring is 1. The van der Waals surface area contributed by atoms with Crippen molar-refractivity contribution in [2.45, 2.75) is 26.8 Å². The van der Waals surface area contributed by atoms with Gasteiger partial charge in [0.05, 0.1) is 32.1 Å². The fraction of sp³-hybridized carbons (Fsp3) is 0.308. The number of aryl methyl sites for hydroxylation is 1. The zero-order valence-electron chi connectivity index (χ0n) is 11.3. The quantitative estimate of drug-likeness (QED) is 0.772. The minimum atomic E-state index is 0.162. The average Bonchev–Trinajstić information content (AvgIpc) is 2.64. The Morgan fingerprint density at radius 1 is 1.15 bits per heavy atom. The van der Waals surface area contributed by atoms with Crippen molar-refractivity contribution in [3.63, 3.8) is 0 Å². The van der Waals surface area contributed by atoms with Crippen LogP contribution in [0.2, 0.25) is 15.1 Å². The molecule has 0 aliphatic heterocycles. The van der Waals surface area contributed by atoms with Crippen molar-refractivity contribution in [2.75, 3.05) is 11.1 Å². The minimum Gasteiger partial charge on any atom is -0.394 e. The molecule has 3 N–H and O–H groups in total. The molecular formula is C13H15Cl3N4. The summed E-state index contributed by atoms with van der Waals surface area (Å²) in [4.78, 5) is 0. The van der Waals surface area contributed by atoms with Crippen molar-refractivity contribution < 1.29 is 0 Å². The van der Waals surface area contributed by atoms with Gasteiger partial charge >= 0.3 is 0 Å². The van der Waals surface area contributed by atoms with Gasteiger partial charge in [0.25, 0.3) is 0 Å². The highest BCUT2D eigenvalue weighted by Gasteiger charge is 2.16. The van der Waals surface area contributed by atoms with E-state index in [1.165, 1.54) is 0 Å². The lowest BCUT2D eigenvalue weighted by Crippen LogP contribution is -2.08. The van der Waals surface area contributed by atoms with Crippen molar-refractivity contribution in [3.8, 4) is 0 Å². The molecule has 1 aromatic carbocycles. The van der Waals surface area contributed by atoms with E-state index in [2.05, 4.69) is 10.4 Å². The minimum absolute atomic E-state index is 0.162. The highest BCUT2D eigenvalue weighted by Crippen LogP contribution is 2.36. The molecule has 0 aliphatic carbocycles. The summed E-state index contributed by atoms with van der Waals surface area (Å²) in [7, 11) is 0. The van der Waals surface area contributed by atoms with Crippen LogP contribution in [0.25, 0.3) is 0 Å². The molecule has 2 rings (SSSR count). The zero-order chi connectivity index (χ0) is 15.0. The molecule has 4 nitrogen and oxygen atoms in total. The number of hydrogen-bond donors (Lipinski definition) is 2. The summed E-state index contributed by atoms with van der Waals surface area (Å²) in [5.74, 6) is 0.692. The maximum atomic E-state index is 6.17. The van der Waals surface area contributed by atoms with E-state index in [0.717, 1.165) is 5.69 Å². The Bertz CT molecular complexity index is 650. The first kappa shape index (κ1) is 15.3. The third-order valence-electron chi connectivity index (χ3n) is 2.88. The third kappa shape index (κ3) is 2.82. The van der Waals surface area contributed by atoms with Crippen molar-refractivity contribution in [3.05, 3.63) is 32.9 Å². The maximum absolute atomic E-state index is 6.17. The third-order valence-corrected chi connectivity index (χ3v) is 3.92. The monoisotopic (exact) mass is 332 g/mol. The second-order valence-corrected chi connectivity index (χ2v) is 5.98. The number of nitrogens with zero attached hydrogens (tertiary/aromatic N) is 2. The molecule has 0 aliphatic rings. The Morgan fingerprint density at radius 3 is 2.35 bits per heavy atom. The summed E-state index contributed by atoms with van der Waals surface area (Å²) in [6.07, 6.45) is 0. The van der Waals surface area contributed by atoms with E-state index in [1.807, 2.05) is 25.5 Å². The van der Waals surface area contributed by atoms with E-state index >= 15 is 0 Å². The van der Waals surface area contributed by atoms with Crippen LogP contribution in [0.1, 0.15) is 25.6 Å². The molecule has 20 heavy (non-hydrogen) atoms. The molecule has 0 spiro atoms. The summed E-state index contributed by atoms with van der Waals surface area (Å²) < 4.78 is 1.81. The fourth-order valence-corrected chi connectivity index (χ4v) is 2.40. The predicted octanol–water partition coefficient (Wildman–Crippen LogP) is 5.06. The lowest BCUT2D eigenvalue weighted by Gasteiger charge is -2.15. The smallest absolute Gasteiger partial charge is 0.152 e. The van der Waals surface area contributed by atoms with Crippen LogP contribution >= 0.6 is 34.8 Å². The molecule has 1 aromatic heterocycles. The Hall–Kier alpha value is -1.10. The van der Waals surface area contributed by atoms with Gasteiger partial charge in [0.15, 0.2) is 5.82 Å². The zero-order valence-corrected chi connectivity index (χ0v) is 13.6. The summed E-state index contributed by atoms with van der Waals surface area (Å²) in [6, 6.07) is 3.42. The van der Waals surface area contributed by atoms with Gasteiger partial charge in [0.1, 0.15) is 0 Å². The summed E-state index contributed by atoms with van der Waals surface area (Å²) >= 11 is 18.1. The standard InChI is InChI=1S/C13H15Cl3N4/c1-6(2)20-13(12(17)7(3)19-20)18-11-5-9(15)8(14)4-10(11)16/h4-6,18H,17H2,1-3H3. The second-order valence-electron chi connectivity index (χ2n) is 4.76. The Balaban J connectivity index is 2.47. The van der Waals surface area contributed by atoms with Crippen molar-refractivity contribution in [1.82, 2.24) is 9.78 Å². The first-order chi connectivity index (χ1) is 9.31. The number of benzene rings is 1. The number of aromatic nitrogens is 2. The molecular weight excluding hydrogens is 319 g/mol. The summed E-state index contributed by atoms with van der Waals surface area (Å²) in [5, 5.41) is 8.88. The molecule has 0 unspecified atom stereocenters. The van der Waals surface area contributed by atoms with E-state index in [9.17, 15) is 0 Å². The van der Waals surface area contributed by atoms with E-state index in [4.69, 9.17) is 40.5 Å². The van der Waals surface area contributed by atoms with E-state index in [-0.39, 0.29) is 6.04 Å². The molecule has 0 saturated heterocycles. The normalized spacial score (nSPS) is 11.2. The number of halogens is 3. The predicted molar refractivity (Wildman–Crippen MR) is 86.5 cm³/mol. The molecule has 0 fully saturated rings. The fourth-order valence-electron chi connectivity index (χ4n) is 1.80. The van der Waals surface area contributed by atoms with E-state index < -0.39 is 0 Å². The van der Waals surface area contributed by atoms with Gasteiger partial charge in [-0.05, 0) is 32.9 Å². The molecule has 108 valence electrons. The molecule has 0 bridgehead atoms. The first-order valence-corrected chi connectivity index (χ1v) is 7.20. The summed E-state index contributed by atoms with van der Waals surface area (Å²) in [5.41, 5.74) is 8.04. The topological polar surface area (TPSA) is 55.9 Å². The Labute approximate surface area is 132 Å². The van der Waals surface area contributed by atoms with E-state index in [1.54, 1.807) is 12.1 Å². The van der Waals surface area contributed by atoms with Gasteiger partial charge in [-0.2, -0.15) is 5.10 Å². The van der Waals surface area contributed by atoms with Crippen LogP contribution in [-0.4, -0.2) is 9.78 Å². The van der Waals surface area contributed by atoms with Gasteiger partial charge in [0, 0.05) is 6.04 Å². The van der Waals surface area contributed by atoms with E-state index in [0.29, 0.717) is 32.3 Å². The van der Waals surface area contributed by atoms with Gasteiger partial charge < -0.3 is 11.1 Å². The largest absolute Gasteiger partial charge is 0.394 e. The second kappa shape index (κ2) is 5.72. The van der Waals surface area contributed by atoms with Crippen molar-refractivity contribution in [2.24, 2.45) is 0 Å². The van der Waals surface area contributed by atoms with Crippen LogP contribution in [-0.2, 0) is 0 Å². The lowest BCUT2D eigenvalue weighted by molar-refractivity contribution is 0.536. The number of anilines is 3. The first-order valence-electron chi connectivity index (χ1n) is 6.07. The molecule has 2 aromatic rings. The van der Waals surface area contributed by atoms with Crippen LogP contribution in [0.4, 0.5) is 17.2 Å². The molecule has 0 saturated carbocycles. The van der Waals surface area contributed by atoms with Crippen molar-refractivity contribution in [1.29, 1.82) is 0 Å². The number of nitrogens with one attached hydrogen (secondary N) is 1. The maximum Gasteiger partial charge on any atom is 0.152 e. The van der Waals surface area contributed by atoms with Crippen molar-refractivity contribution >= 4 is 52.0 Å². The average molecular weight is 334 g/mol. The molecule has 7 heteroatoms. The van der Waals surface area contributed by atoms with Gasteiger partial charge in [-0.1, -0.05) is 34.8 Å². The molecule has 0 radical (unpaired) electrons. The highest BCUT2D eigenvalue weighted by molar-refractivity contribution is 6.44. The Morgan fingerprint density at radius 2 is 1.75 bits per heavy atom. The van der Waals surface area contributed by atoms with Crippen LogP contribution in [0.5, 0.6) is 0 Å². The molecule has 1 heterocycles. The lowest BCUT2D eigenvalue weighted by atomic mass is 10.3. The van der Waals surface area contributed by atoms with Gasteiger partial charge in [-0.3, -0.25) is 0 Å². The number of hydrogen-bond acceptors (Lipinski definition) is 3. The SMILES string of the molecule is Cc1nn(C(C)C)c(Nc2cc(Cl)c(Cl)cc2Cl)c1N. The van der Waals surface area contributed by atoms with Gasteiger partial charge in [-0.15, -0.1) is 0 Å². The number of nitrogens with two attached hydrogens (primary N) is 1. The van der Waals surface area contributed by atoms with Gasteiger partial charge in [0.2, 0.25) is 0 Å². The number of rotatable bonds is 3. The molecule has 0 atom stereocenters. The van der Waals surface area contributed by atoms with Crippen LogP contribution in [0, 0.1) is 6.92 Å². The van der Waals surface area contributed by atoms with Crippen LogP contribution in [0.15, 0.2) is 12.1 Å². The Kier molecular flexibility index (Phi) is 4.37.